The Labute approximate surface area is 208 Å². The summed E-state index contributed by atoms with van der Waals surface area (Å²) in [5, 5.41) is 3.13. The van der Waals surface area contributed by atoms with Crippen molar-refractivity contribution < 1.29 is 14.3 Å². The van der Waals surface area contributed by atoms with Crippen LogP contribution in [0, 0.1) is 0 Å². The van der Waals surface area contributed by atoms with E-state index in [1.54, 1.807) is 12.1 Å². The SMILES string of the molecule is O=C(N[C@@H]1CCN2C(=O)N(c3ccc(C4(CN5CCOCC5)CC4)cc3)C[C@H]12)c1ccc(Cl)s1. The summed E-state index contributed by atoms with van der Waals surface area (Å²) in [4.78, 5) is 32.7. The average molecular weight is 501 g/mol. The molecule has 4 aliphatic rings. The predicted octanol–water partition coefficient (Wildman–Crippen LogP) is 3.58. The number of hydrogen-bond acceptors (Lipinski definition) is 5. The highest BCUT2D eigenvalue weighted by Gasteiger charge is 2.48. The van der Waals surface area contributed by atoms with Gasteiger partial charge in [-0.25, -0.2) is 4.79 Å². The number of carbonyl (C=O) groups excluding carboxylic acids is 2. The molecule has 34 heavy (non-hydrogen) atoms. The summed E-state index contributed by atoms with van der Waals surface area (Å²) in [6.07, 6.45) is 3.22. The monoisotopic (exact) mass is 500 g/mol. The number of halogens is 1. The minimum absolute atomic E-state index is 0.0114. The third-order valence-corrected chi connectivity index (χ3v) is 9.01. The molecule has 0 unspecified atom stereocenters. The van der Waals surface area contributed by atoms with E-state index in [9.17, 15) is 9.59 Å². The second-order valence-electron chi connectivity index (χ2n) is 9.84. The quantitative estimate of drug-likeness (QED) is 0.658. The molecule has 4 heterocycles. The Morgan fingerprint density at radius 1 is 1.12 bits per heavy atom. The van der Waals surface area contributed by atoms with Crippen LogP contribution in [0.3, 0.4) is 0 Å². The summed E-state index contributed by atoms with van der Waals surface area (Å²) in [6.45, 7) is 6.01. The lowest BCUT2D eigenvalue weighted by Crippen LogP contribution is -2.44. The number of nitrogens with one attached hydrogen (secondary N) is 1. The number of thiophene rings is 1. The Hall–Kier alpha value is -2.13. The normalized spacial score (nSPS) is 26.1. The van der Waals surface area contributed by atoms with Crippen molar-refractivity contribution in [3.05, 3.63) is 51.2 Å². The van der Waals surface area contributed by atoms with Gasteiger partial charge >= 0.3 is 6.03 Å². The van der Waals surface area contributed by atoms with Gasteiger partial charge in [0.05, 0.1) is 41.1 Å². The predicted molar refractivity (Wildman–Crippen MR) is 133 cm³/mol. The smallest absolute Gasteiger partial charge is 0.324 e. The Morgan fingerprint density at radius 2 is 1.88 bits per heavy atom. The third-order valence-electron chi connectivity index (χ3n) is 7.78. The Morgan fingerprint density at radius 3 is 2.56 bits per heavy atom. The fourth-order valence-corrected chi connectivity index (χ4v) is 6.61. The molecule has 2 aromatic rings. The van der Waals surface area contributed by atoms with Crippen molar-refractivity contribution in [3.63, 3.8) is 0 Å². The van der Waals surface area contributed by atoms with Crippen LogP contribution in [0.4, 0.5) is 10.5 Å². The van der Waals surface area contributed by atoms with E-state index in [1.165, 1.54) is 29.7 Å². The lowest BCUT2D eigenvalue weighted by molar-refractivity contribution is 0.0336. The Balaban J connectivity index is 1.12. The first kappa shape index (κ1) is 22.3. The minimum Gasteiger partial charge on any atom is -0.379 e. The first-order valence-electron chi connectivity index (χ1n) is 12.1. The lowest BCUT2D eigenvalue weighted by atomic mass is 9.94. The second kappa shape index (κ2) is 8.82. The van der Waals surface area contributed by atoms with Gasteiger partial charge < -0.3 is 15.0 Å². The van der Waals surface area contributed by atoms with Crippen molar-refractivity contribution in [2.75, 3.05) is 50.8 Å². The van der Waals surface area contributed by atoms with E-state index in [2.05, 4.69) is 34.5 Å². The van der Waals surface area contributed by atoms with Crippen LogP contribution in [-0.2, 0) is 10.2 Å². The molecule has 1 aliphatic carbocycles. The standard InChI is InChI=1S/C25H29ClN4O3S/c26-22-6-5-21(34-22)23(31)27-19-7-10-29-20(19)15-30(24(29)32)18-3-1-17(2-4-18)25(8-9-25)16-28-11-13-33-14-12-28/h1-6,19-20H,7-16H2,(H,27,31)/t19-,20-/m1/s1. The van der Waals surface area contributed by atoms with Gasteiger partial charge in [0.25, 0.3) is 5.91 Å². The number of benzene rings is 1. The number of ether oxygens (including phenoxy) is 1. The van der Waals surface area contributed by atoms with E-state index in [0.29, 0.717) is 22.3 Å². The maximum atomic E-state index is 13.2. The van der Waals surface area contributed by atoms with Crippen LogP contribution in [0.2, 0.25) is 4.34 Å². The number of amides is 3. The molecule has 4 fully saturated rings. The minimum atomic E-state index is -0.117. The molecule has 1 saturated carbocycles. The van der Waals surface area contributed by atoms with Crippen molar-refractivity contribution >= 4 is 40.6 Å². The molecule has 7 nitrogen and oxygen atoms in total. The van der Waals surface area contributed by atoms with Crippen molar-refractivity contribution in [2.24, 2.45) is 0 Å². The van der Waals surface area contributed by atoms with Crippen LogP contribution >= 0.6 is 22.9 Å². The summed E-state index contributed by atoms with van der Waals surface area (Å²) in [6, 6.07) is 12.0. The zero-order valence-electron chi connectivity index (χ0n) is 19.0. The van der Waals surface area contributed by atoms with Gasteiger partial charge in [0, 0.05) is 37.3 Å². The number of hydrogen-bond donors (Lipinski definition) is 1. The van der Waals surface area contributed by atoms with E-state index >= 15 is 0 Å². The number of anilines is 1. The van der Waals surface area contributed by atoms with E-state index in [-0.39, 0.29) is 29.4 Å². The highest BCUT2D eigenvalue weighted by molar-refractivity contribution is 7.18. The van der Waals surface area contributed by atoms with Gasteiger partial charge in [0.15, 0.2) is 0 Å². The maximum absolute atomic E-state index is 13.2. The number of carbonyl (C=O) groups is 2. The first-order chi connectivity index (χ1) is 16.5. The molecule has 1 N–H and O–H groups in total. The number of nitrogens with zero attached hydrogens (tertiary/aromatic N) is 3. The van der Waals surface area contributed by atoms with Crippen molar-refractivity contribution in [1.29, 1.82) is 0 Å². The van der Waals surface area contributed by atoms with Crippen LogP contribution in [0.25, 0.3) is 0 Å². The molecular formula is C25H29ClN4O3S. The molecule has 180 valence electrons. The van der Waals surface area contributed by atoms with Crippen LogP contribution < -0.4 is 10.2 Å². The summed E-state index contributed by atoms with van der Waals surface area (Å²) in [5.74, 6) is -0.117. The Bertz CT molecular complexity index is 1080. The fraction of sp³-hybridized carbons (Fsp3) is 0.520. The molecule has 1 aromatic carbocycles. The van der Waals surface area contributed by atoms with E-state index in [4.69, 9.17) is 16.3 Å². The van der Waals surface area contributed by atoms with E-state index < -0.39 is 0 Å². The molecule has 0 bridgehead atoms. The van der Waals surface area contributed by atoms with E-state index in [0.717, 1.165) is 45.0 Å². The summed E-state index contributed by atoms with van der Waals surface area (Å²) < 4.78 is 6.09. The van der Waals surface area contributed by atoms with Gasteiger partial charge in [0.2, 0.25) is 0 Å². The molecule has 2 atom stereocenters. The highest BCUT2D eigenvalue weighted by atomic mass is 35.5. The molecular weight excluding hydrogens is 472 g/mol. The molecule has 3 aliphatic heterocycles. The van der Waals surface area contributed by atoms with Crippen LogP contribution in [0.1, 0.15) is 34.5 Å². The molecule has 0 spiro atoms. The van der Waals surface area contributed by atoms with Gasteiger partial charge in [-0.1, -0.05) is 23.7 Å². The summed E-state index contributed by atoms with van der Waals surface area (Å²) in [7, 11) is 0. The summed E-state index contributed by atoms with van der Waals surface area (Å²) >= 11 is 7.25. The van der Waals surface area contributed by atoms with Gasteiger partial charge in [-0.05, 0) is 49.1 Å². The Kier molecular flexibility index (Phi) is 5.80. The fourth-order valence-electron chi connectivity index (χ4n) is 5.67. The van der Waals surface area contributed by atoms with Gasteiger partial charge in [-0.3, -0.25) is 14.6 Å². The van der Waals surface area contributed by atoms with Gasteiger partial charge in [0.1, 0.15) is 0 Å². The zero-order valence-corrected chi connectivity index (χ0v) is 20.6. The number of fused-ring (bicyclic) bond motifs is 1. The average Bonchev–Trinajstić information content (AvgIpc) is 3.15. The largest absolute Gasteiger partial charge is 0.379 e. The van der Waals surface area contributed by atoms with Crippen LogP contribution in [0.5, 0.6) is 0 Å². The molecule has 3 saturated heterocycles. The molecule has 0 radical (unpaired) electrons. The van der Waals surface area contributed by atoms with Gasteiger partial charge in [-0.2, -0.15) is 0 Å². The van der Waals surface area contributed by atoms with Crippen molar-refractivity contribution in [2.45, 2.75) is 36.8 Å². The second-order valence-corrected chi connectivity index (χ2v) is 11.6. The highest BCUT2D eigenvalue weighted by Crippen LogP contribution is 2.49. The third kappa shape index (κ3) is 4.11. The summed E-state index contributed by atoms with van der Waals surface area (Å²) in [5.41, 5.74) is 2.56. The first-order valence-corrected chi connectivity index (χ1v) is 13.3. The topological polar surface area (TPSA) is 65.1 Å². The lowest BCUT2D eigenvalue weighted by Gasteiger charge is -2.31. The number of urea groups is 1. The number of rotatable bonds is 6. The van der Waals surface area contributed by atoms with Crippen molar-refractivity contribution in [3.8, 4) is 0 Å². The molecule has 9 heteroatoms. The van der Waals surface area contributed by atoms with Gasteiger partial charge in [-0.15, -0.1) is 11.3 Å². The molecule has 6 rings (SSSR count). The van der Waals surface area contributed by atoms with Crippen LogP contribution in [-0.4, -0.2) is 79.8 Å². The van der Waals surface area contributed by atoms with Crippen molar-refractivity contribution in [1.82, 2.24) is 15.1 Å². The zero-order chi connectivity index (χ0) is 23.3. The van der Waals surface area contributed by atoms with E-state index in [1.807, 2.05) is 9.80 Å². The van der Waals surface area contributed by atoms with Crippen LogP contribution in [0.15, 0.2) is 36.4 Å². The maximum Gasteiger partial charge on any atom is 0.324 e. The number of morpholine rings is 1. The molecule has 1 aromatic heterocycles. The molecule has 3 amide bonds.